The summed E-state index contributed by atoms with van der Waals surface area (Å²) in [5.41, 5.74) is 3.59. The van der Waals surface area contributed by atoms with Crippen molar-refractivity contribution in [1.29, 1.82) is 0 Å². The van der Waals surface area contributed by atoms with E-state index in [0.717, 1.165) is 21.3 Å². The number of anilines is 1. The van der Waals surface area contributed by atoms with Crippen LogP contribution in [0.1, 0.15) is 11.1 Å². The van der Waals surface area contributed by atoms with E-state index in [0.29, 0.717) is 21.7 Å². The van der Waals surface area contributed by atoms with Gasteiger partial charge in [-0.2, -0.15) is 0 Å². The zero-order valence-corrected chi connectivity index (χ0v) is 19.9. The number of nitrogens with one attached hydrogen (secondary N) is 1. The predicted molar refractivity (Wildman–Crippen MR) is 127 cm³/mol. The number of amides is 1. The molecule has 10 heteroatoms. The molecule has 0 aliphatic heterocycles. The van der Waals surface area contributed by atoms with E-state index in [2.05, 4.69) is 42.5 Å². The second-order valence-electron chi connectivity index (χ2n) is 6.77. The Labute approximate surface area is 195 Å². The van der Waals surface area contributed by atoms with Gasteiger partial charge in [0.15, 0.2) is 16.1 Å². The summed E-state index contributed by atoms with van der Waals surface area (Å²) in [7, 11) is 0. The molecular weight excluding hydrogens is 498 g/mol. The van der Waals surface area contributed by atoms with Crippen LogP contribution in [-0.4, -0.2) is 36.5 Å². The lowest BCUT2D eigenvalue weighted by Gasteiger charge is -2.14. The molecule has 0 radical (unpaired) electrons. The van der Waals surface area contributed by atoms with Crippen LogP contribution in [-0.2, 0) is 4.79 Å². The molecule has 1 amide bonds. The Balaban J connectivity index is 1.72. The number of hydrogen-bond acceptors (Lipinski definition) is 7. The zero-order valence-electron chi connectivity index (χ0n) is 16.7. The molecule has 0 aliphatic rings. The van der Waals surface area contributed by atoms with Crippen LogP contribution in [0.4, 0.5) is 5.13 Å². The topological polar surface area (TPSA) is 92.9 Å². The number of aromatic hydroxyl groups is 1. The molecule has 0 unspecified atom stereocenters. The van der Waals surface area contributed by atoms with Gasteiger partial charge >= 0.3 is 0 Å². The third-order valence-electron chi connectivity index (χ3n) is 4.44. The van der Waals surface area contributed by atoms with Crippen molar-refractivity contribution in [2.24, 2.45) is 0 Å². The summed E-state index contributed by atoms with van der Waals surface area (Å²) in [4.78, 5) is 16.4. The quantitative estimate of drug-likeness (QED) is 0.342. The van der Waals surface area contributed by atoms with Gasteiger partial charge in [-0.25, -0.2) is 4.98 Å². The van der Waals surface area contributed by atoms with Crippen LogP contribution in [0.5, 0.6) is 5.75 Å². The van der Waals surface area contributed by atoms with Crippen LogP contribution in [0, 0.1) is 13.8 Å². The zero-order chi connectivity index (χ0) is 22.0. The Hall–Kier alpha value is -2.69. The molecule has 0 atom stereocenters. The summed E-state index contributed by atoms with van der Waals surface area (Å²) in [5, 5.41) is 24.8. The Morgan fingerprint density at radius 2 is 2.06 bits per heavy atom. The number of halogens is 1. The number of carbonyl (C=O) groups is 1. The van der Waals surface area contributed by atoms with Crippen LogP contribution in [0.25, 0.3) is 17.1 Å². The highest BCUT2D eigenvalue weighted by Crippen LogP contribution is 2.35. The number of aromatic nitrogens is 4. The molecule has 0 fully saturated rings. The maximum absolute atomic E-state index is 12.3. The molecule has 0 aliphatic carbocycles. The summed E-state index contributed by atoms with van der Waals surface area (Å²) in [5.74, 6) is 0.558. The molecule has 2 heterocycles. The van der Waals surface area contributed by atoms with E-state index >= 15 is 0 Å². The van der Waals surface area contributed by atoms with Gasteiger partial charge in [0.1, 0.15) is 5.75 Å². The summed E-state index contributed by atoms with van der Waals surface area (Å²) in [6, 6.07) is 11.2. The standard InChI is InChI=1S/C21H18BrN5O2S2/c1-12-3-5-16(13(2)9-12)27-19(15-10-14(22)4-6-17(15)28)25-26-21(27)31-11-18(29)24-20-23-7-8-30-20/h3-10,28H,11H2,1-2H3,(H,23,24,29). The van der Waals surface area contributed by atoms with Gasteiger partial charge in [-0.05, 0) is 43.7 Å². The van der Waals surface area contributed by atoms with Gasteiger partial charge in [0, 0.05) is 16.0 Å². The average molecular weight is 516 g/mol. The first-order valence-corrected chi connectivity index (χ1v) is 11.9. The van der Waals surface area contributed by atoms with Gasteiger partial charge in [0.25, 0.3) is 0 Å². The number of thiazole rings is 1. The number of benzene rings is 2. The van der Waals surface area contributed by atoms with Gasteiger partial charge in [0.2, 0.25) is 5.91 Å². The van der Waals surface area contributed by atoms with Crippen molar-refractivity contribution in [1.82, 2.24) is 19.7 Å². The lowest BCUT2D eigenvalue weighted by molar-refractivity contribution is -0.113. The van der Waals surface area contributed by atoms with E-state index in [1.54, 1.807) is 29.8 Å². The Kier molecular flexibility index (Phi) is 6.40. The summed E-state index contributed by atoms with van der Waals surface area (Å²) in [6.45, 7) is 4.04. The van der Waals surface area contributed by atoms with Gasteiger partial charge in [-0.1, -0.05) is 45.4 Å². The fourth-order valence-corrected chi connectivity index (χ4v) is 4.72. The third-order valence-corrected chi connectivity index (χ3v) is 6.55. The molecule has 2 N–H and O–H groups in total. The summed E-state index contributed by atoms with van der Waals surface area (Å²) >= 11 is 6.09. The molecule has 0 bridgehead atoms. The third kappa shape index (κ3) is 4.81. The highest BCUT2D eigenvalue weighted by molar-refractivity contribution is 9.10. The molecule has 2 aromatic carbocycles. The minimum absolute atomic E-state index is 0.0969. The van der Waals surface area contributed by atoms with E-state index in [1.807, 2.05) is 30.5 Å². The maximum Gasteiger partial charge on any atom is 0.236 e. The van der Waals surface area contributed by atoms with E-state index in [4.69, 9.17) is 0 Å². The largest absolute Gasteiger partial charge is 0.507 e. The fourth-order valence-electron chi connectivity index (χ4n) is 3.07. The number of thioether (sulfide) groups is 1. The molecule has 7 nitrogen and oxygen atoms in total. The van der Waals surface area contributed by atoms with Crippen molar-refractivity contribution < 1.29 is 9.90 Å². The molecule has 2 aromatic heterocycles. The molecule has 4 rings (SSSR count). The molecule has 4 aromatic rings. The minimum Gasteiger partial charge on any atom is -0.507 e. The SMILES string of the molecule is Cc1ccc(-n2c(SCC(=O)Nc3nccs3)nnc2-c2cc(Br)ccc2O)c(C)c1. The van der Waals surface area contributed by atoms with Crippen molar-refractivity contribution in [2.75, 3.05) is 11.1 Å². The second kappa shape index (κ2) is 9.21. The molecular formula is C21H18BrN5O2S2. The van der Waals surface area contributed by atoms with E-state index in [-0.39, 0.29) is 17.4 Å². The smallest absolute Gasteiger partial charge is 0.236 e. The second-order valence-corrected chi connectivity index (χ2v) is 9.52. The number of phenols is 1. The number of hydrogen-bond donors (Lipinski definition) is 2. The van der Waals surface area contributed by atoms with Crippen molar-refractivity contribution in [3.05, 3.63) is 63.6 Å². The lowest BCUT2D eigenvalue weighted by atomic mass is 10.1. The number of phenolic OH excluding ortho intramolecular Hbond substituents is 1. The van der Waals surface area contributed by atoms with Crippen molar-refractivity contribution in [2.45, 2.75) is 19.0 Å². The fraction of sp³-hybridized carbons (Fsp3) is 0.143. The Morgan fingerprint density at radius 1 is 1.23 bits per heavy atom. The van der Waals surface area contributed by atoms with Crippen molar-refractivity contribution >= 4 is 50.1 Å². The number of rotatable bonds is 6. The Bertz CT molecular complexity index is 1240. The molecule has 0 saturated carbocycles. The van der Waals surface area contributed by atoms with Crippen LogP contribution in [0.15, 0.2) is 57.6 Å². The van der Waals surface area contributed by atoms with E-state index in [9.17, 15) is 9.90 Å². The first-order valence-electron chi connectivity index (χ1n) is 9.26. The van der Waals surface area contributed by atoms with Crippen LogP contribution in [0.3, 0.4) is 0 Å². The summed E-state index contributed by atoms with van der Waals surface area (Å²) < 4.78 is 2.69. The normalized spacial score (nSPS) is 10.9. The lowest BCUT2D eigenvalue weighted by Crippen LogP contribution is -2.14. The van der Waals surface area contributed by atoms with Crippen LogP contribution < -0.4 is 5.32 Å². The number of aryl methyl sites for hydroxylation is 2. The highest BCUT2D eigenvalue weighted by Gasteiger charge is 2.21. The maximum atomic E-state index is 12.3. The number of carbonyl (C=O) groups excluding carboxylic acids is 1. The first kappa shape index (κ1) is 21.5. The molecule has 0 spiro atoms. The average Bonchev–Trinajstić information content (AvgIpc) is 3.38. The predicted octanol–water partition coefficient (Wildman–Crippen LogP) is 5.21. The molecule has 158 valence electrons. The summed E-state index contributed by atoms with van der Waals surface area (Å²) in [6.07, 6.45) is 1.64. The van der Waals surface area contributed by atoms with Gasteiger partial charge in [-0.3, -0.25) is 9.36 Å². The highest BCUT2D eigenvalue weighted by atomic mass is 79.9. The van der Waals surface area contributed by atoms with Crippen LogP contribution in [0.2, 0.25) is 0 Å². The van der Waals surface area contributed by atoms with Gasteiger partial charge in [0.05, 0.1) is 17.0 Å². The van der Waals surface area contributed by atoms with Crippen LogP contribution >= 0.6 is 39.0 Å². The van der Waals surface area contributed by atoms with E-state index < -0.39 is 0 Å². The number of nitrogens with zero attached hydrogens (tertiary/aromatic N) is 4. The van der Waals surface area contributed by atoms with Gasteiger partial charge in [-0.15, -0.1) is 21.5 Å². The Morgan fingerprint density at radius 3 is 2.81 bits per heavy atom. The molecule has 31 heavy (non-hydrogen) atoms. The van der Waals surface area contributed by atoms with E-state index in [1.165, 1.54) is 23.1 Å². The minimum atomic E-state index is -0.179. The van der Waals surface area contributed by atoms with Crippen molar-refractivity contribution in [3.63, 3.8) is 0 Å². The monoisotopic (exact) mass is 515 g/mol. The molecule has 0 saturated heterocycles. The first-order chi connectivity index (χ1) is 14.9. The van der Waals surface area contributed by atoms with Crippen molar-refractivity contribution in [3.8, 4) is 22.8 Å². The van der Waals surface area contributed by atoms with Gasteiger partial charge < -0.3 is 10.4 Å².